The number of hydrogen-bond donors (Lipinski definition) is 1. The van der Waals surface area contributed by atoms with Crippen LogP contribution in [0.5, 0.6) is 0 Å². The van der Waals surface area contributed by atoms with Gasteiger partial charge < -0.3 is 10.1 Å². The molecule has 0 radical (unpaired) electrons. The lowest BCUT2D eigenvalue weighted by molar-refractivity contribution is -0.119. The Morgan fingerprint density at radius 3 is 2.81 bits per heavy atom. The number of amides is 1. The Morgan fingerprint density at radius 2 is 2.25 bits per heavy atom. The zero-order valence-corrected chi connectivity index (χ0v) is 10.8. The average molecular weight is 225 g/mol. The third-order valence-corrected chi connectivity index (χ3v) is 2.98. The lowest BCUT2D eigenvalue weighted by Crippen LogP contribution is -2.45. The van der Waals surface area contributed by atoms with Crippen molar-refractivity contribution >= 4 is 5.91 Å². The highest BCUT2D eigenvalue weighted by Gasteiger charge is 2.29. The molecular formula is C13H23NO2. The molecule has 16 heavy (non-hydrogen) atoms. The Bertz CT molecular complexity index is 282. The molecule has 1 heterocycles. The zero-order chi connectivity index (χ0) is 12.2. The fourth-order valence-corrected chi connectivity index (χ4v) is 1.92. The van der Waals surface area contributed by atoms with E-state index in [0.717, 1.165) is 31.4 Å². The van der Waals surface area contributed by atoms with Gasteiger partial charge in [-0.05, 0) is 40.0 Å². The molecule has 0 aromatic carbocycles. The van der Waals surface area contributed by atoms with Crippen LogP contribution in [0.4, 0.5) is 0 Å². The molecular weight excluding hydrogens is 202 g/mol. The molecule has 1 N–H and O–H groups in total. The Hall–Kier alpha value is -0.830. The fourth-order valence-electron chi connectivity index (χ4n) is 1.92. The summed E-state index contributed by atoms with van der Waals surface area (Å²) in [6.07, 6.45) is 4.42. The number of carbonyl (C=O) groups is 1. The van der Waals surface area contributed by atoms with Crippen LogP contribution >= 0.6 is 0 Å². The quantitative estimate of drug-likeness (QED) is 0.749. The Kier molecular flexibility index (Phi) is 4.54. The van der Waals surface area contributed by atoms with Gasteiger partial charge in [-0.3, -0.25) is 4.79 Å². The van der Waals surface area contributed by atoms with Gasteiger partial charge in [0.1, 0.15) is 0 Å². The normalized spacial score (nSPS) is 25.2. The standard InChI is InChI=1S/C13H23NO2/c1-5-10(2)8-12(15)14-11-6-7-16-13(3,4)9-11/h8,11H,5-7,9H2,1-4H3,(H,14,15)/b10-8-/t11-/m0/s1. The molecule has 0 aliphatic carbocycles. The largest absolute Gasteiger partial charge is 0.375 e. The summed E-state index contributed by atoms with van der Waals surface area (Å²) < 4.78 is 5.61. The number of nitrogens with one attached hydrogen (secondary N) is 1. The van der Waals surface area contributed by atoms with Crippen LogP contribution in [0.3, 0.4) is 0 Å². The van der Waals surface area contributed by atoms with Crippen molar-refractivity contribution in [2.24, 2.45) is 0 Å². The molecule has 1 fully saturated rings. The van der Waals surface area contributed by atoms with E-state index in [1.54, 1.807) is 6.08 Å². The van der Waals surface area contributed by atoms with E-state index in [1.807, 2.05) is 6.92 Å². The highest BCUT2D eigenvalue weighted by atomic mass is 16.5. The van der Waals surface area contributed by atoms with Gasteiger partial charge in [0.25, 0.3) is 0 Å². The Morgan fingerprint density at radius 1 is 1.56 bits per heavy atom. The van der Waals surface area contributed by atoms with Crippen LogP contribution in [-0.4, -0.2) is 24.2 Å². The number of rotatable bonds is 3. The van der Waals surface area contributed by atoms with Crippen molar-refractivity contribution < 1.29 is 9.53 Å². The van der Waals surface area contributed by atoms with Gasteiger partial charge in [0, 0.05) is 18.7 Å². The van der Waals surface area contributed by atoms with Gasteiger partial charge in [-0.1, -0.05) is 12.5 Å². The summed E-state index contributed by atoms with van der Waals surface area (Å²) >= 11 is 0. The third-order valence-electron chi connectivity index (χ3n) is 2.98. The van der Waals surface area contributed by atoms with E-state index in [4.69, 9.17) is 4.74 Å². The lowest BCUT2D eigenvalue weighted by Gasteiger charge is -2.35. The summed E-state index contributed by atoms with van der Waals surface area (Å²) in [4.78, 5) is 11.7. The molecule has 0 unspecified atom stereocenters. The van der Waals surface area contributed by atoms with Crippen molar-refractivity contribution in [3.8, 4) is 0 Å². The van der Waals surface area contributed by atoms with Gasteiger partial charge >= 0.3 is 0 Å². The maximum atomic E-state index is 11.7. The number of ether oxygens (including phenoxy) is 1. The molecule has 0 spiro atoms. The maximum absolute atomic E-state index is 11.7. The number of allylic oxidation sites excluding steroid dienone is 1. The van der Waals surface area contributed by atoms with E-state index in [2.05, 4.69) is 26.1 Å². The first-order chi connectivity index (χ1) is 7.43. The summed E-state index contributed by atoms with van der Waals surface area (Å²) in [6, 6.07) is 0.247. The van der Waals surface area contributed by atoms with Crippen LogP contribution in [0.25, 0.3) is 0 Å². The molecule has 1 amide bonds. The number of hydrogen-bond acceptors (Lipinski definition) is 2. The average Bonchev–Trinajstić information content (AvgIpc) is 2.15. The van der Waals surface area contributed by atoms with Crippen molar-refractivity contribution in [3.05, 3.63) is 11.6 Å². The van der Waals surface area contributed by atoms with Gasteiger partial charge in [0.05, 0.1) is 5.60 Å². The van der Waals surface area contributed by atoms with E-state index < -0.39 is 0 Å². The van der Waals surface area contributed by atoms with Crippen molar-refractivity contribution in [1.82, 2.24) is 5.32 Å². The maximum Gasteiger partial charge on any atom is 0.244 e. The minimum Gasteiger partial charge on any atom is -0.375 e. The minimum absolute atomic E-state index is 0.0297. The van der Waals surface area contributed by atoms with Gasteiger partial charge in [0.2, 0.25) is 5.91 Å². The lowest BCUT2D eigenvalue weighted by atomic mass is 9.94. The second kappa shape index (κ2) is 5.48. The van der Waals surface area contributed by atoms with Gasteiger partial charge in [-0.15, -0.1) is 0 Å². The molecule has 0 aromatic heterocycles. The van der Waals surface area contributed by atoms with Crippen molar-refractivity contribution in [2.45, 2.75) is 58.6 Å². The van der Waals surface area contributed by atoms with Crippen LogP contribution in [-0.2, 0) is 9.53 Å². The molecule has 3 heteroatoms. The SMILES string of the molecule is CC/C(C)=C\C(=O)N[C@H]1CCOC(C)(C)C1. The molecule has 1 aliphatic heterocycles. The number of carbonyl (C=O) groups excluding carboxylic acids is 1. The highest BCUT2D eigenvalue weighted by molar-refractivity contribution is 5.88. The fraction of sp³-hybridized carbons (Fsp3) is 0.769. The molecule has 92 valence electrons. The highest BCUT2D eigenvalue weighted by Crippen LogP contribution is 2.23. The molecule has 1 atom stereocenters. The van der Waals surface area contributed by atoms with Crippen molar-refractivity contribution in [1.29, 1.82) is 0 Å². The summed E-state index contributed by atoms with van der Waals surface area (Å²) in [5.74, 6) is 0.0297. The summed E-state index contributed by atoms with van der Waals surface area (Å²) in [7, 11) is 0. The van der Waals surface area contributed by atoms with E-state index >= 15 is 0 Å². The van der Waals surface area contributed by atoms with Crippen LogP contribution in [0.1, 0.15) is 47.0 Å². The molecule has 0 bridgehead atoms. The van der Waals surface area contributed by atoms with Crippen molar-refractivity contribution in [3.63, 3.8) is 0 Å². The van der Waals surface area contributed by atoms with Crippen molar-refractivity contribution in [2.75, 3.05) is 6.61 Å². The molecule has 0 aromatic rings. The smallest absolute Gasteiger partial charge is 0.244 e. The van der Waals surface area contributed by atoms with Crippen LogP contribution in [0.2, 0.25) is 0 Å². The van der Waals surface area contributed by atoms with E-state index in [9.17, 15) is 4.79 Å². The predicted molar refractivity (Wildman–Crippen MR) is 65.2 cm³/mol. The molecule has 3 nitrogen and oxygen atoms in total. The third kappa shape index (κ3) is 4.35. The predicted octanol–water partition coefficient (Wildman–Crippen LogP) is 2.42. The zero-order valence-electron chi connectivity index (χ0n) is 10.8. The second-order valence-corrected chi connectivity index (χ2v) is 5.15. The van der Waals surface area contributed by atoms with E-state index in [-0.39, 0.29) is 17.6 Å². The first kappa shape index (κ1) is 13.2. The Labute approximate surface area is 98.2 Å². The first-order valence-electron chi connectivity index (χ1n) is 6.04. The van der Waals surface area contributed by atoms with Gasteiger partial charge in [-0.25, -0.2) is 0 Å². The molecule has 1 rings (SSSR count). The molecule has 1 saturated heterocycles. The summed E-state index contributed by atoms with van der Waals surface area (Å²) in [5, 5.41) is 3.04. The van der Waals surface area contributed by atoms with Crippen LogP contribution in [0.15, 0.2) is 11.6 Å². The van der Waals surface area contributed by atoms with Gasteiger partial charge in [-0.2, -0.15) is 0 Å². The molecule has 0 saturated carbocycles. The summed E-state index contributed by atoms with van der Waals surface area (Å²) in [6.45, 7) is 8.90. The monoisotopic (exact) mass is 225 g/mol. The summed E-state index contributed by atoms with van der Waals surface area (Å²) in [5.41, 5.74) is 1.00. The Balaban J connectivity index is 2.45. The van der Waals surface area contributed by atoms with E-state index in [1.165, 1.54) is 0 Å². The second-order valence-electron chi connectivity index (χ2n) is 5.15. The van der Waals surface area contributed by atoms with Gasteiger partial charge in [0.15, 0.2) is 0 Å². The first-order valence-corrected chi connectivity index (χ1v) is 6.04. The van der Waals surface area contributed by atoms with Crippen LogP contribution < -0.4 is 5.32 Å². The topological polar surface area (TPSA) is 38.3 Å². The minimum atomic E-state index is -0.111. The van der Waals surface area contributed by atoms with Crippen LogP contribution in [0, 0.1) is 0 Å². The van der Waals surface area contributed by atoms with E-state index in [0.29, 0.717) is 0 Å². The molecule has 1 aliphatic rings.